The Morgan fingerprint density at radius 2 is 1.68 bits per heavy atom. The Morgan fingerprint density at radius 3 is 2.29 bits per heavy atom. The average molecular weight is 556 g/mol. The zero-order valence-corrected chi connectivity index (χ0v) is 25.6. The van der Waals surface area contributed by atoms with Gasteiger partial charge in [-0.15, -0.1) is 0 Å². The van der Waals surface area contributed by atoms with Crippen LogP contribution in [0.3, 0.4) is 0 Å². The van der Waals surface area contributed by atoms with Crippen LogP contribution in [0.1, 0.15) is 127 Å². The van der Waals surface area contributed by atoms with E-state index >= 15 is 0 Å². The van der Waals surface area contributed by atoms with Gasteiger partial charge < -0.3 is 0 Å². The Bertz CT molecular complexity index is 1200. The van der Waals surface area contributed by atoms with Crippen LogP contribution in [0, 0.1) is 80.8 Å². The van der Waals surface area contributed by atoms with Gasteiger partial charge in [-0.05, 0) is 140 Å². The zero-order chi connectivity index (χ0) is 27.5. The van der Waals surface area contributed by atoms with Gasteiger partial charge in [0.25, 0.3) is 0 Å². The number of rotatable bonds is 3. The van der Waals surface area contributed by atoms with E-state index in [-0.39, 0.29) is 14.9 Å². The minimum Gasteiger partial charge on any atom is -0.198 e. The normalized spacial score (nSPS) is 48.2. The van der Waals surface area contributed by atoms with Crippen LogP contribution in [-0.4, -0.2) is 0 Å². The maximum atomic E-state index is 9.22. The lowest BCUT2D eigenvalue weighted by molar-refractivity contribution is -0.0867. The van der Waals surface area contributed by atoms with E-state index in [0.717, 1.165) is 59.7 Å². The van der Waals surface area contributed by atoms with Crippen LogP contribution < -0.4 is 0 Å². The molecule has 0 N–H and O–H groups in total. The second-order valence-corrected chi connectivity index (χ2v) is 16.3. The summed E-state index contributed by atoms with van der Waals surface area (Å²) < 4.78 is 0. The molecule has 8 aliphatic carbocycles. The lowest BCUT2D eigenvalue weighted by Crippen LogP contribution is -2.54. The van der Waals surface area contributed by atoms with Crippen LogP contribution in [-0.2, 0) is 0 Å². The summed E-state index contributed by atoms with van der Waals surface area (Å²) in [6.07, 6.45) is 18.6. The van der Waals surface area contributed by atoms with Crippen molar-refractivity contribution in [1.29, 1.82) is 5.26 Å². The van der Waals surface area contributed by atoms with Crippen LogP contribution in [0.15, 0.2) is 47.1 Å². The summed E-state index contributed by atoms with van der Waals surface area (Å²) in [4.78, 5) is 0. The Morgan fingerprint density at radius 1 is 0.976 bits per heavy atom. The molecular weight excluding hydrogens is 494 g/mol. The van der Waals surface area contributed by atoms with Gasteiger partial charge in [0.2, 0.25) is 0 Å². The quantitative estimate of drug-likeness (QED) is 0.340. The molecule has 0 saturated heterocycles. The van der Waals surface area contributed by atoms with E-state index in [1.54, 1.807) is 0 Å². The number of hydrogen-bond donors (Lipinski definition) is 0. The van der Waals surface area contributed by atoms with Gasteiger partial charge in [0.15, 0.2) is 0 Å². The molecule has 0 aliphatic heterocycles. The molecule has 0 aromatic rings. The number of hydrogen-bond acceptors (Lipinski definition) is 1. The third kappa shape index (κ3) is 3.97. The topological polar surface area (TPSA) is 23.8 Å². The number of nitrogens with zero attached hydrogens (tertiary/aromatic N) is 1. The third-order valence-electron chi connectivity index (χ3n) is 15.0. The second kappa shape index (κ2) is 10.3. The van der Waals surface area contributed by atoms with Gasteiger partial charge in [0.05, 0.1) is 12.5 Å². The number of fused-ring (bicyclic) bond motifs is 6. The molecule has 6 fully saturated rings. The van der Waals surface area contributed by atoms with Crippen LogP contribution in [0.25, 0.3) is 0 Å². The van der Waals surface area contributed by atoms with E-state index in [2.05, 4.69) is 53.3 Å². The Labute approximate surface area is 254 Å². The fraction of sp³-hybridized carbons (Fsp3) is 0.775. The highest BCUT2D eigenvalue weighted by Crippen LogP contribution is 2.98. The van der Waals surface area contributed by atoms with Crippen molar-refractivity contribution in [3.05, 3.63) is 47.1 Å². The van der Waals surface area contributed by atoms with E-state index in [1.807, 2.05) is 0 Å². The molecule has 1 spiro atoms. The van der Waals surface area contributed by atoms with E-state index in [4.69, 9.17) is 6.58 Å². The highest BCUT2D eigenvalue weighted by Gasteiger charge is 2.94. The van der Waals surface area contributed by atoms with Crippen molar-refractivity contribution in [1.82, 2.24) is 0 Å². The molecule has 8 rings (SSSR count). The molecule has 8 aliphatic rings. The van der Waals surface area contributed by atoms with Gasteiger partial charge in [-0.3, -0.25) is 0 Å². The third-order valence-corrected chi connectivity index (χ3v) is 15.0. The summed E-state index contributed by atoms with van der Waals surface area (Å²) in [5, 5.41) is 9.22. The van der Waals surface area contributed by atoms with Crippen molar-refractivity contribution < 1.29 is 0 Å². The maximum Gasteiger partial charge on any atom is 0.0669 e. The molecule has 0 aromatic heterocycles. The van der Waals surface area contributed by atoms with Crippen LogP contribution in [0.2, 0.25) is 0 Å². The van der Waals surface area contributed by atoms with Crippen molar-refractivity contribution >= 4 is 0 Å². The standard InChI is InChI=1S/C33H43N.C5H10.2CH4/c1-18-15-28-30-29-17-25-26-8-7-23(16-22-13-19(2)24(10-12-34)20(3)14-22)31(26,5)11-9-27(25)32(6,21(18)4)33(28,29)30;1-5-3-2-4-5;;/h15,22-23,25-30H,2,4,7-11,13-14,16-17H2,1,3,5-6H3;5H,2-4H2,1H3;2*1H4. The predicted octanol–water partition coefficient (Wildman–Crippen LogP) is 11.5. The summed E-state index contributed by atoms with van der Waals surface area (Å²) in [6.45, 7) is 21.4. The first-order chi connectivity index (χ1) is 18.6. The monoisotopic (exact) mass is 555 g/mol. The molecule has 226 valence electrons. The van der Waals surface area contributed by atoms with Crippen molar-refractivity contribution in [2.75, 3.05) is 0 Å². The van der Waals surface area contributed by atoms with Gasteiger partial charge in [-0.25, -0.2) is 0 Å². The number of allylic oxidation sites excluding steroid dienone is 6. The molecule has 0 bridgehead atoms. The smallest absolute Gasteiger partial charge is 0.0669 e. The second-order valence-electron chi connectivity index (χ2n) is 16.3. The molecule has 11 atom stereocenters. The van der Waals surface area contributed by atoms with Crippen molar-refractivity contribution in [3.8, 4) is 6.07 Å². The molecule has 0 amide bonds. The molecule has 41 heavy (non-hydrogen) atoms. The summed E-state index contributed by atoms with van der Waals surface area (Å²) in [6, 6.07) is 2.36. The lowest BCUT2D eigenvalue weighted by Gasteiger charge is -2.60. The summed E-state index contributed by atoms with van der Waals surface area (Å²) >= 11 is 0. The minimum atomic E-state index is 0. The van der Waals surface area contributed by atoms with Gasteiger partial charge >= 0.3 is 0 Å². The fourth-order valence-electron chi connectivity index (χ4n) is 12.7. The highest BCUT2D eigenvalue weighted by molar-refractivity contribution is 5.56. The van der Waals surface area contributed by atoms with Crippen LogP contribution in [0.4, 0.5) is 0 Å². The molecule has 0 heterocycles. The van der Waals surface area contributed by atoms with E-state index < -0.39 is 0 Å². The van der Waals surface area contributed by atoms with Crippen LogP contribution >= 0.6 is 0 Å². The minimum absolute atomic E-state index is 0. The molecule has 1 heteroatoms. The summed E-state index contributed by atoms with van der Waals surface area (Å²) in [7, 11) is 0. The molecule has 0 radical (unpaired) electrons. The maximum absolute atomic E-state index is 9.22. The summed E-state index contributed by atoms with van der Waals surface area (Å²) in [5.74, 6) is 8.35. The molecular formula is C40H61N. The molecule has 6 saturated carbocycles. The molecule has 11 unspecified atom stereocenters. The average Bonchev–Trinajstić information content (AvgIpc) is 3.72. The zero-order valence-electron chi connectivity index (χ0n) is 25.6. The predicted molar refractivity (Wildman–Crippen MR) is 175 cm³/mol. The van der Waals surface area contributed by atoms with Gasteiger partial charge in [0.1, 0.15) is 0 Å². The Hall–Kier alpha value is -1.55. The van der Waals surface area contributed by atoms with Crippen molar-refractivity contribution in [2.45, 2.75) is 127 Å². The first-order valence-corrected chi connectivity index (χ1v) is 16.7. The largest absolute Gasteiger partial charge is 0.198 e. The number of nitriles is 1. The fourth-order valence-corrected chi connectivity index (χ4v) is 12.7. The van der Waals surface area contributed by atoms with Gasteiger partial charge in [-0.2, -0.15) is 5.26 Å². The van der Waals surface area contributed by atoms with Gasteiger partial charge in [0, 0.05) is 5.41 Å². The first kappa shape index (κ1) is 30.9. The molecule has 0 aromatic carbocycles. The van der Waals surface area contributed by atoms with E-state index in [0.29, 0.717) is 22.7 Å². The Balaban J connectivity index is 0.000000439. The van der Waals surface area contributed by atoms with E-state index in [9.17, 15) is 5.26 Å². The first-order valence-electron chi connectivity index (χ1n) is 16.7. The SMILES string of the molecule is C.C.C=C1CC(CC2CCC3C4CC5C6C7C=C(C)C(=C)C(C)(C4CCC23C)C756)CC(C)=C1CC#N.CC1CCC1. The van der Waals surface area contributed by atoms with Crippen LogP contribution in [0.5, 0.6) is 0 Å². The van der Waals surface area contributed by atoms with Gasteiger partial charge in [-0.1, -0.05) is 90.8 Å². The van der Waals surface area contributed by atoms with Crippen molar-refractivity contribution in [3.63, 3.8) is 0 Å². The summed E-state index contributed by atoms with van der Waals surface area (Å²) in [5.41, 5.74) is 8.57. The highest BCUT2D eigenvalue weighted by atomic mass is 15.0. The van der Waals surface area contributed by atoms with E-state index in [1.165, 1.54) is 92.1 Å². The molecule has 1 nitrogen and oxygen atoms in total. The lowest BCUT2D eigenvalue weighted by atomic mass is 9.44. The Kier molecular flexibility index (Phi) is 7.74. The van der Waals surface area contributed by atoms with Crippen molar-refractivity contribution in [2.24, 2.45) is 69.5 Å².